The molecule has 1 heterocycles. The lowest BCUT2D eigenvalue weighted by atomic mass is 9.84. The Bertz CT molecular complexity index is 405. The summed E-state index contributed by atoms with van der Waals surface area (Å²) < 4.78 is 0. The van der Waals surface area contributed by atoms with Gasteiger partial charge in [-0.15, -0.1) is 0 Å². The molecular weight excluding hydrogens is 262 g/mol. The first-order chi connectivity index (χ1) is 9.03. The third-order valence-corrected chi connectivity index (χ3v) is 4.79. The topological polar surface area (TPSA) is 75.4 Å². The largest absolute Gasteiger partial charge is 0.392 e. The molecule has 0 bridgehead atoms. The fourth-order valence-corrected chi connectivity index (χ4v) is 3.56. The molecule has 2 fully saturated rings. The van der Waals surface area contributed by atoms with E-state index in [2.05, 4.69) is 5.32 Å². The molecular formula is C13H21N3O2S. The summed E-state index contributed by atoms with van der Waals surface area (Å²) in [5.41, 5.74) is 5.14. The number of amides is 2. The molecule has 2 amide bonds. The van der Waals surface area contributed by atoms with Crippen molar-refractivity contribution in [1.82, 2.24) is 10.2 Å². The van der Waals surface area contributed by atoms with E-state index in [1.807, 2.05) is 0 Å². The lowest BCUT2D eigenvalue weighted by Gasteiger charge is -2.34. The van der Waals surface area contributed by atoms with Crippen LogP contribution in [0.3, 0.4) is 0 Å². The first kappa shape index (κ1) is 14.2. The highest BCUT2D eigenvalue weighted by molar-refractivity contribution is 7.80. The molecule has 1 atom stereocenters. The van der Waals surface area contributed by atoms with E-state index in [4.69, 9.17) is 18.0 Å². The van der Waals surface area contributed by atoms with Crippen LogP contribution in [0.5, 0.6) is 0 Å². The van der Waals surface area contributed by atoms with Crippen molar-refractivity contribution >= 4 is 29.0 Å². The zero-order chi connectivity index (χ0) is 14.0. The first-order valence-corrected chi connectivity index (χ1v) is 7.26. The summed E-state index contributed by atoms with van der Waals surface area (Å²) in [6, 6.07) is -0.357. The van der Waals surface area contributed by atoms with Crippen molar-refractivity contribution in [3.05, 3.63) is 0 Å². The molecule has 1 saturated carbocycles. The van der Waals surface area contributed by atoms with Crippen molar-refractivity contribution in [2.75, 3.05) is 13.6 Å². The average molecular weight is 283 g/mol. The summed E-state index contributed by atoms with van der Waals surface area (Å²) in [5.74, 6) is -0.134. The second-order valence-corrected chi connectivity index (χ2v) is 5.86. The number of nitrogens with one attached hydrogen (secondary N) is 1. The maximum Gasteiger partial charge on any atom is 0.242 e. The van der Waals surface area contributed by atoms with E-state index >= 15 is 0 Å². The van der Waals surface area contributed by atoms with Gasteiger partial charge in [0.15, 0.2) is 0 Å². The molecule has 5 nitrogen and oxygen atoms in total. The van der Waals surface area contributed by atoms with Crippen molar-refractivity contribution in [3.63, 3.8) is 0 Å². The number of nitrogens with zero attached hydrogens (tertiary/aromatic N) is 1. The Kier molecular flexibility index (Phi) is 4.08. The number of carbonyl (C=O) groups excluding carboxylic acids is 2. The van der Waals surface area contributed by atoms with Crippen molar-refractivity contribution in [2.45, 2.75) is 44.6 Å². The normalized spacial score (nSPS) is 25.3. The fourth-order valence-electron chi connectivity index (χ4n) is 3.27. The minimum Gasteiger partial charge on any atom is -0.392 e. The molecule has 0 aromatic carbocycles. The molecule has 1 aliphatic carbocycles. The van der Waals surface area contributed by atoms with Gasteiger partial charge in [-0.3, -0.25) is 9.59 Å². The smallest absolute Gasteiger partial charge is 0.242 e. The maximum atomic E-state index is 12.8. The molecule has 106 valence electrons. The summed E-state index contributed by atoms with van der Waals surface area (Å²) >= 11 is 5.14. The number of likely N-dealkylation sites (tertiary alicyclic amines) is 1. The third kappa shape index (κ3) is 2.33. The van der Waals surface area contributed by atoms with Gasteiger partial charge in [0.1, 0.15) is 6.04 Å². The van der Waals surface area contributed by atoms with Crippen LogP contribution < -0.4 is 11.1 Å². The Morgan fingerprint density at radius 2 is 1.95 bits per heavy atom. The molecule has 0 spiro atoms. The molecule has 19 heavy (non-hydrogen) atoms. The molecule has 1 aliphatic heterocycles. The van der Waals surface area contributed by atoms with Crippen LogP contribution in [-0.2, 0) is 9.59 Å². The van der Waals surface area contributed by atoms with Crippen LogP contribution in [0.4, 0.5) is 0 Å². The maximum absolute atomic E-state index is 12.8. The second-order valence-electron chi connectivity index (χ2n) is 5.42. The van der Waals surface area contributed by atoms with E-state index in [0.29, 0.717) is 6.54 Å². The van der Waals surface area contributed by atoms with Crippen LogP contribution in [0.15, 0.2) is 0 Å². The van der Waals surface area contributed by atoms with Gasteiger partial charge in [-0.25, -0.2) is 0 Å². The monoisotopic (exact) mass is 283 g/mol. The van der Waals surface area contributed by atoms with E-state index in [0.717, 1.165) is 38.5 Å². The van der Waals surface area contributed by atoms with Crippen LogP contribution in [0.25, 0.3) is 0 Å². The SMILES string of the molecule is CNC(=O)C1CCCN1C(=O)C1(C(N)=S)CCCC1. The molecule has 2 aliphatic rings. The van der Waals surface area contributed by atoms with Crippen molar-refractivity contribution in [2.24, 2.45) is 11.1 Å². The minimum absolute atomic E-state index is 0.0383. The second kappa shape index (κ2) is 5.45. The number of thiocarbonyl (C=S) groups is 1. The lowest BCUT2D eigenvalue weighted by Crippen LogP contribution is -2.53. The Labute approximate surface area is 118 Å². The number of carbonyl (C=O) groups is 2. The van der Waals surface area contributed by atoms with E-state index in [1.54, 1.807) is 11.9 Å². The summed E-state index contributed by atoms with van der Waals surface area (Å²) in [6.07, 6.45) is 4.97. The molecule has 2 rings (SSSR count). The van der Waals surface area contributed by atoms with Crippen LogP contribution in [-0.4, -0.2) is 41.3 Å². The molecule has 0 aromatic heterocycles. The molecule has 3 N–H and O–H groups in total. The Morgan fingerprint density at radius 1 is 1.32 bits per heavy atom. The molecule has 0 aromatic rings. The van der Waals surface area contributed by atoms with Gasteiger partial charge in [0.25, 0.3) is 0 Å². The quantitative estimate of drug-likeness (QED) is 0.743. The highest BCUT2D eigenvalue weighted by Gasteiger charge is 2.49. The molecule has 6 heteroatoms. The van der Waals surface area contributed by atoms with Crippen molar-refractivity contribution in [1.29, 1.82) is 0 Å². The summed E-state index contributed by atoms with van der Waals surface area (Å²) in [4.78, 5) is 26.6. The molecule has 0 radical (unpaired) electrons. The van der Waals surface area contributed by atoms with Gasteiger partial charge in [0.05, 0.1) is 10.4 Å². The Hall–Kier alpha value is -1.17. The highest BCUT2D eigenvalue weighted by Crippen LogP contribution is 2.41. The number of nitrogens with two attached hydrogens (primary N) is 1. The number of hydrogen-bond acceptors (Lipinski definition) is 3. The number of rotatable bonds is 3. The molecule has 1 saturated heterocycles. The summed E-state index contributed by atoms with van der Waals surface area (Å²) in [5, 5.41) is 2.63. The van der Waals surface area contributed by atoms with Gasteiger partial charge < -0.3 is 16.0 Å². The third-order valence-electron chi connectivity index (χ3n) is 4.40. The van der Waals surface area contributed by atoms with Crippen LogP contribution >= 0.6 is 12.2 Å². The van der Waals surface area contributed by atoms with E-state index in [1.165, 1.54) is 0 Å². The van der Waals surface area contributed by atoms with Gasteiger partial charge in [-0.2, -0.15) is 0 Å². The van der Waals surface area contributed by atoms with Gasteiger partial charge in [0.2, 0.25) is 11.8 Å². The lowest BCUT2D eigenvalue weighted by molar-refractivity contribution is -0.143. The van der Waals surface area contributed by atoms with Gasteiger partial charge in [-0.05, 0) is 25.7 Å². The standard InChI is InChI=1S/C13H21N3O2S/c1-15-10(17)9-5-4-8-16(9)12(18)13(11(14)19)6-2-3-7-13/h9H,2-8H2,1H3,(H2,14,19)(H,15,17). The Balaban J connectivity index is 2.22. The molecule has 1 unspecified atom stereocenters. The average Bonchev–Trinajstić information content (AvgIpc) is 3.06. The van der Waals surface area contributed by atoms with Crippen LogP contribution in [0.1, 0.15) is 38.5 Å². The fraction of sp³-hybridized carbons (Fsp3) is 0.769. The van der Waals surface area contributed by atoms with Crippen LogP contribution in [0.2, 0.25) is 0 Å². The Morgan fingerprint density at radius 3 is 2.47 bits per heavy atom. The van der Waals surface area contributed by atoms with Gasteiger partial charge in [0, 0.05) is 13.6 Å². The number of hydrogen-bond donors (Lipinski definition) is 2. The van der Waals surface area contributed by atoms with Crippen molar-refractivity contribution in [3.8, 4) is 0 Å². The highest BCUT2D eigenvalue weighted by atomic mass is 32.1. The van der Waals surface area contributed by atoms with Crippen LogP contribution in [0, 0.1) is 5.41 Å². The van der Waals surface area contributed by atoms with E-state index in [9.17, 15) is 9.59 Å². The van der Waals surface area contributed by atoms with E-state index < -0.39 is 5.41 Å². The van der Waals surface area contributed by atoms with Gasteiger partial charge in [-0.1, -0.05) is 25.1 Å². The summed E-state index contributed by atoms with van der Waals surface area (Å²) in [6.45, 7) is 0.626. The zero-order valence-corrected chi connectivity index (χ0v) is 12.1. The number of likely N-dealkylation sites (N-methyl/N-ethyl adjacent to an activating group) is 1. The van der Waals surface area contributed by atoms with Gasteiger partial charge >= 0.3 is 0 Å². The summed E-state index contributed by atoms with van der Waals surface area (Å²) in [7, 11) is 1.60. The first-order valence-electron chi connectivity index (χ1n) is 6.85. The predicted octanol–water partition coefficient (Wildman–Crippen LogP) is 0.570. The predicted molar refractivity (Wildman–Crippen MR) is 76.5 cm³/mol. The van der Waals surface area contributed by atoms with E-state index in [-0.39, 0.29) is 22.8 Å². The van der Waals surface area contributed by atoms with Crippen molar-refractivity contribution < 1.29 is 9.59 Å². The minimum atomic E-state index is -0.702. The zero-order valence-electron chi connectivity index (χ0n) is 11.3.